The van der Waals surface area contributed by atoms with E-state index >= 15 is 0 Å². The molecule has 0 saturated carbocycles. The van der Waals surface area contributed by atoms with Crippen LogP contribution < -0.4 is 15.7 Å². The number of halogens is 2. The van der Waals surface area contributed by atoms with Crippen LogP contribution in [-0.4, -0.2) is 17.0 Å². The molecule has 0 saturated heterocycles. The number of carboxylic acid groups (broad SMARTS) is 1. The average molecular weight is 368 g/mol. The molecule has 2 rings (SSSR count). The van der Waals surface area contributed by atoms with Crippen molar-refractivity contribution in [2.24, 2.45) is 0 Å². The van der Waals surface area contributed by atoms with Crippen LogP contribution in [-0.2, 0) is 0 Å². The van der Waals surface area contributed by atoms with Crippen molar-refractivity contribution in [2.75, 3.05) is 5.32 Å². The molecule has 0 heterocycles. The third-order valence-corrected chi connectivity index (χ3v) is 3.56. The van der Waals surface area contributed by atoms with Crippen LogP contribution in [0.1, 0.15) is 20.7 Å². The van der Waals surface area contributed by atoms with Crippen molar-refractivity contribution in [3.63, 3.8) is 0 Å². The van der Waals surface area contributed by atoms with E-state index in [0.717, 1.165) is 0 Å². The van der Waals surface area contributed by atoms with Crippen LogP contribution in [0.4, 0.5) is 5.69 Å². The highest BCUT2D eigenvalue weighted by molar-refractivity contribution is 7.80. The number of aromatic carboxylic acids is 1. The second-order valence-corrected chi connectivity index (χ2v) is 5.62. The van der Waals surface area contributed by atoms with Crippen LogP contribution in [0.5, 0.6) is 0 Å². The molecular weight excluding hydrogens is 359 g/mol. The number of carbonyl (C=O) groups is 2. The lowest BCUT2D eigenvalue weighted by Crippen LogP contribution is -2.35. The summed E-state index contributed by atoms with van der Waals surface area (Å²) in [7, 11) is 0. The van der Waals surface area contributed by atoms with Crippen molar-refractivity contribution in [2.45, 2.75) is 0 Å². The Morgan fingerprint density at radius 2 is 1.74 bits per heavy atom. The Bertz CT molecular complexity index is 796. The predicted molar refractivity (Wildman–Crippen MR) is 90.9 cm³/mol. The number of rotatable bonds is 3. The van der Waals surface area contributed by atoms with Gasteiger partial charge in [0.25, 0.3) is 5.91 Å². The number of carbonyl (C=O) groups excluding carboxylic acids is 2. The third-order valence-electron chi connectivity index (χ3n) is 2.80. The Hall–Kier alpha value is -2.15. The fourth-order valence-corrected chi connectivity index (χ4v) is 2.36. The summed E-state index contributed by atoms with van der Waals surface area (Å²) in [6.45, 7) is 0. The lowest BCUT2D eigenvalue weighted by atomic mass is 10.2. The highest BCUT2D eigenvalue weighted by Crippen LogP contribution is 2.20. The molecule has 0 fully saturated rings. The Balaban J connectivity index is 2.13. The number of nitrogens with one attached hydrogen (secondary N) is 2. The van der Waals surface area contributed by atoms with Crippen LogP contribution in [0, 0.1) is 0 Å². The molecule has 0 atom stereocenters. The Morgan fingerprint density at radius 1 is 1.04 bits per heavy atom. The van der Waals surface area contributed by atoms with Gasteiger partial charge in [-0.1, -0.05) is 35.3 Å². The molecular formula is C15H9Cl2N2O3S-. The Morgan fingerprint density at radius 3 is 2.39 bits per heavy atom. The molecule has 118 valence electrons. The third kappa shape index (κ3) is 4.41. The maximum atomic E-state index is 12.1. The van der Waals surface area contributed by atoms with Gasteiger partial charge in [0, 0.05) is 16.3 Å². The molecule has 0 aromatic heterocycles. The summed E-state index contributed by atoms with van der Waals surface area (Å²) >= 11 is 16.7. The number of amides is 1. The van der Waals surface area contributed by atoms with Gasteiger partial charge in [-0.3, -0.25) is 10.1 Å². The van der Waals surface area contributed by atoms with E-state index in [-0.39, 0.29) is 32.0 Å². The van der Waals surface area contributed by atoms with E-state index in [4.69, 9.17) is 35.4 Å². The molecule has 0 unspecified atom stereocenters. The van der Waals surface area contributed by atoms with Gasteiger partial charge in [0.15, 0.2) is 5.11 Å². The van der Waals surface area contributed by atoms with Crippen molar-refractivity contribution in [1.82, 2.24) is 5.32 Å². The molecule has 0 bridgehead atoms. The zero-order valence-electron chi connectivity index (χ0n) is 11.4. The smallest absolute Gasteiger partial charge is 0.258 e. The molecule has 0 aliphatic carbocycles. The number of carboxylic acids is 1. The summed E-state index contributed by atoms with van der Waals surface area (Å²) in [4.78, 5) is 23.2. The maximum Gasteiger partial charge on any atom is 0.258 e. The number of hydrogen-bond acceptors (Lipinski definition) is 4. The van der Waals surface area contributed by atoms with Crippen LogP contribution in [0.25, 0.3) is 0 Å². The van der Waals surface area contributed by atoms with Gasteiger partial charge < -0.3 is 15.2 Å². The van der Waals surface area contributed by atoms with E-state index < -0.39 is 11.9 Å². The lowest BCUT2D eigenvalue weighted by molar-refractivity contribution is -0.254. The van der Waals surface area contributed by atoms with Gasteiger partial charge in [0.2, 0.25) is 0 Å². The zero-order valence-corrected chi connectivity index (χ0v) is 13.8. The predicted octanol–water partition coefficient (Wildman–Crippen LogP) is 2.48. The normalized spacial score (nSPS) is 10.0. The minimum atomic E-state index is -1.42. The number of benzene rings is 2. The monoisotopic (exact) mass is 367 g/mol. The molecule has 2 aromatic carbocycles. The van der Waals surface area contributed by atoms with Gasteiger partial charge in [-0.25, -0.2) is 0 Å². The highest BCUT2D eigenvalue weighted by atomic mass is 35.5. The van der Waals surface area contributed by atoms with Crippen molar-refractivity contribution in [3.8, 4) is 0 Å². The molecule has 0 radical (unpaired) electrons. The lowest BCUT2D eigenvalue weighted by Gasteiger charge is -2.14. The number of hydrogen-bond donors (Lipinski definition) is 2. The summed E-state index contributed by atoms with van der Waals surface area (Å²) in [6, 6.07) is 10.6. The maximum absolute atomic E-state index is 12.1. The van der Waals surface area contributed by atoms with Crippen LogP contribution >= 0.6 is 35.4 Å². The molecule has 0 aliphatic rings. The van der Waals surface area contributed by atoms with Crippen LogP contribution in [0.15, 0.2) is 42.5 Å². The molecule has 2 aromatic rings. The van der Waals surface area contributed by atoms with E-state index in [9.17, 15) is 14.7 Å². The molecule has 1 amide bonds. The molecule has 23 heavy (non-hydrogen) atoms. The van der Waals surface area contributed by atoms with Crippen molar-refractivity contribution in [3.05, 3.63) is 63.6 Å². The van der Waals surface area contributed by atoms with Crippen molar-refractivity contribution >= 4 is 58.1 Å². The molecule has 0 aliphatic heterocycles. The minimum Gasteiger partial charge on any atom is -0.545 e. The highest BCUT2D eigenvalue weighted by Gasteiger charge is 2.12. The van der Waals surface area contributed by atoms with Gasteiger partial charge in [-0.2, -0.15) is 0 Å². The largest absolute Gasteiger partial charge is 0.545 e. The van der Waals surface area contributed by atoms with Gasteiger partial charge in [-0.15, -0.1) is 0 Å². The molecule has 0 spiro atoms. The number of anilines is 1. The molecule has 8 heteroatoms. The molecule has 2 N–H and O–H groups in total. The van der Waals surface area contributed by atoms with E-state index in [1.54, 1.807) is 18.2 Å². The first-order valence-electron chi connectivity index (χ1n) is 6.26. The second kappa shape index (κ2) is 7.41. The first kappa shape index (κ1) is 17.2. The van der Waals surface area contributed by atoms with E-state index in [0.29, 0.717) is 0 Å². The average Bonchev–Trinajstić information content (AvgIpc) is 2.49. The summed E-state index contributed by atoms with van der Waals surface area (Å²) in [6.07, 6.45) is 0. The van der Waals surface area contributed by atoms with Crippen molar-refractivity contribution < 1.29 is 14.7 Å². The number of thiocarbonyl (C=S) groups is 1. The fourth-order valence-electron chi connectivity index (χ4n) is 1.76. The van der Waals surface area contributed by atoms with E-state index in [1.165, 1.54) is 24.3 Å². The first-order chi connectivity index (χ1) is 10.9. The molecule has 5 nitrogen and oxygen atoms in total. The summed E-state index contributed by atoms with van der Waals surface area (Å²) in [5.74, 6) is -1.94. The first-order valence-corrected chi connectivity index (χ1v) is 7.42. The fraction of sp³-hybridized carbons (Fsp3) is 0. The van der Waals surface area contributed by atoms with Crippen LogP contribution in [0.2, 0.25) is 10.0 Å². The standard InChI is InChI=1S/C15H10Cl2N2O3S/c16-8-5-6-12(10(7-8)14(21)22)18-15(23)19-13(20)9-3-1-2-4-11(9)17/h1-7H,(H,21,22)(H2,18,19,20,23)/p-1. The van der Waals surface area contributed by atoms with Crippen molar-refractivity contribution in [1.29, 1.82) is 0 Å². The van der Waals surface area contributed by atoms with E-state index in [1.807, 2.05) is 0 Å². The van der Waals surface area contributed by atoms with Gasteiger partial charge in [0.1, 0.15) is 0 Å². The van der Waals surface area contributed by atoms with Gasteiger partial charge in [-0.05, 0) is 42.5 Å². The zero-order chi connectivity index (χ0) is 17.0. The van der Waals surface area contributed by atoms with Gasteiger partial charge in [0.05, 0.1) is 16.6 Å². The Kier molecular flexibility index (Phi) is 5.54. The minimum absolute atomic E-state index is 0.0836. The summed E-state index contributed by atoms with van der Waals surface area (Å²) in [5, 5.41) is 16.5. The second-order valence-electron chi connectivity index (χ2n) is 4.37. The van der Waals surface area contributed by atoms with E-state index in [2.05, 4.69) is 10.6 Å². The quantitative estimate of drug-likeness (QED) is 0.814. The SMILES string of the molecule is O=C(NC(=S)Nc1ccc(Cl)cc1C(=O)[O-])c1ccccc1Cl. The van der Waals surface area contributed by atoms with Crippen LogP contribution in [0.3, 0.4) is 0 Å². The Labute approximate surface area is 147 Å². The van der Waals surface area contributed by atoms with Gasteiger partial charge >= 0.3 is 0 Å². The summed E-state index contributed by atoms with van der Waals surface area (Å²) < 4.78 is 0. The summed E-state index contributed by atoms with van der Waals surface area (Å²) in [5.41, 5.74) is 0.222. The topological polar surface area (TPSA) is 81.3 Å².